The standard InChI is InChI=1S/C13H16N2O5/c1-8-2-4-9(5-3-8)12(18)15-7-11(17)14-6-10(16)13(19)20/h2-5,10,16H,6-7H2,1H3,(H,14,17)(H,15,18)(H,19,20). The van der Waals surface area contributed by atoms with Crippen LogP contribution >= 0.6 is 0 Å². The summed E-state index contributed by atoms with van der Waals surface area (Å²) < 4.78 is 0. The highest BCUT2D eigenvalue weighted by molar-refractivity contribution is 5.96. The van der Waals surface area contributed by atoms with Gasteiger partial charge in [-0.15, -0.1) is 0 Å². The number of aliphatic carboxylic acids is 1. The Morgan fingerprint density at radius 2 is 1.75 bits per heavy atom. The maximum Gasteiger partial charge on any atom is 0.334 e. The Morgan fingerprint density at radius 1 is 1.15 bits per heavy atom. The summed E-state index contributed by atoms with van der Waals surface area (Å²) in [6.45, 7) is 1.19. The molecular formula is C13H16N2O5. The van der Waals surface area contributed by atoms with Crippen LogP contribution < -0.4 is 10.6 Å². The molecule has 1 rings (SSSR count). The Hall–Kier alpha value is -2.41. The number of hydrogen-bond donors (Lipinski definition) is 4. The van der Waals surface area contributed by atoms with Crippen molar-refractivity contribution in [3.63, 3.8) is 0 Å². The molecule has 0 bridgehead atoms. The Kier molecular flexibility index (Phi) is 5.67. The second-order valence-electron chi connectivity index (χ2n) is 4.21. The van der Waals surface area contributed by atoms with Crippen LogP contribution in [0.3, 0.4) is 0 Å². The Balaban J connectivity index is 2.35. The van der Waals surface area contributed by atoms with E-state index < -0.39 is 30.4 Å². The number of benzene rings is 1. The molecule has 0 saturated carbocycles. The fourth-order valence-corrected chi connectivity index (χ4v) is 1.33. The minimum Gasteiger partial charge on any atom is -0.479 e. The van der Waals surface area contributed by atoms with E-state index in [9.17, 15) is 14.4 Å². The number of aryl methyl sites for hydroxylation is 1. The molecule has 0 aromatic heterocycles. The maximum atomic E-state index is 11.7. The summed E-state index contributed by atoms with van der Waals surface area (Å²) in [7, 11) is 0. The van der Waals surface area contributed by atoms with Gasteiger partial charge in [-0.3, -0.25) is 9.59 Å². The highest BCUT2D eigenvalue weighted by atomic mass is 16.4. The third kappa shape index (κ3) is 5.07. The molecule has 0 aliphatic carbocycles. The van der Waals surface area contributed by atoms with Gasteiger partial charge < -0.3 is 20.8 Å². The highest BCUT2D eigenvalue weighted by Crippen LogP contribution is 2.02. The fraction of sp³-hybridized carbons (Fsp3) is 0.308. The highest BCUT2D eigenvalue weighted by Gasteiger charge is 2.14. The molecule has 7 nitrogen and oxygen atoms in total. The van der Waals surface area contributed by atoms with Crippen LogP contribution in [-0.2, 0) is 9.59 Å². The Morgan fingerprint density at radius 3 is 2.30 bits per heavy atom. The lowest BCUT2D eigenvalue weighted by Gasteiger charge is -2.09. The van der Waals surface area contributed by atoms with E-state index >= 15 is 0 Å². The van der Waals surface area contributed by atoms with Crippen LogP contribution in [0.25, 0.3) is 0 Å². The molecule has 1 atom stereocenters. The Bertz CT molecular complexity index is 498. The first-order valence-corrected chi connectivity index (χ1v) is 5.92. The number of amides is 2. The van der Waals surface area contributed by atoms with Gasteiger partial charge in [-0.2, -0.15) is 0 Å². The van der Waals surface area contributed by atoms with Crippen molar-refractivity contribution in [2.75, 3.05) is 13.1 Å². The number of carboxylic acid groups (broad SMARTS) is 1. The second kappa shape index (κ2) is 7.25. The topological polar surface area (TPSA) is 116 Å². The van der Waals surface area contributed by atoms with Gasteiger partial charge in [0.15, 0.2) is 6.10 Å². The summed E-state index contributed by atoms with van der Waals surface area (Å²) in [6, 6.07) is 6.82. The zero-order chi connectivity index (χ0) is 15.1. The van der Waals surface area contributed by atoms with E-state index in [0.29, 0.717) is 5.56 Å². The van der Waals surface area contributed by atoms with E-state index in [1.54, 1.807) is 24.3 Å². The summed E-state index contributed by atoms with van der Waals surface area (Å²) in [5, 5.41) is 22.0. The number of carbonyl (C=O) groups is 3. The summed E-state index contributed by atoms with van der Waals surface area (Å²) >= 11 is 0. The number of hydrogen-bond acceptors (Lipinski definition) is 4. The lowest BCUT2D eigenvalue weighted by molar-refractivity contribution is -0.146. The maximum absolute atomic E-state index is 11.7. The molecule has 0 aliphatic rings. The van der Waals surface area contributed by atoms with Crippen molar-refractivity contribution in [2.45, 2.75) is 13.0 Å². The normalized spacial score (nSPS) is 11.5. The van der Waals surface area contributed by atoms with Gasteiger partial charge in [-0.25, -0.2) is 4.79 Å². The molecule has 4 N–H and O–H groups in total. The van der Waals surface area contributed by atoms with Crippen LogP contribution in [0.5, 0.6) is 0 Å². The third-order valence-electron chi connectivity index (χ3n) is 2.50. The van der Waals surface area contributed by atoms with Crippen LogP contribution in [0.2, 0.25) is 0 Å². The van der Waals surface area contributed by atoms with Gasteiger partial charge in [0.1, 0.15) is 0 Å². The molecule has 20 heavy (non-hydrogen) atoms. The van der Waals surface area contributed by atoms with Crippen molar-refractivity contribution in [3.8, 4) is 0 Å². The number of aliphatic hydroxyl groups is 1. The average Bonchev–Trinajstić information content (AvgIpc) is 2.42. The van der Waals surface area contributed by atoms with Gasteiger partial charge in [0.2, 0.25) is 5.91 Å². The molecule has 0 heterocycles. The van der Waals surface area contributed by atoms with E-state index in [4.69, 9.17) is 10.2 Å². The predicted molar refractivity (Wildman–Crippen MR) is 70.2 cm³/mol. The van der Waals surface area contributed by atoms with Crippen molar-refractivity contribution >= 4 is 17.8 Å². The first kappa shape index (κ1) is 15.6. The van der Waals surface area contributed by atoms with E-state index in [1.807, 2.05) is 6.92 Å². The third-order valence-corrected chi connectivity index (χ3v) is 2.50. The Labute approximate surface area is 115 Å². The summed E-state index contributed by atoms with van der Waals surface area (Å²) in [4.78, 5) is 33.3. The summed E-state index contributed by atoms with van der Waals surface area (Å²) in [5.41, 5.74) is 1.44. The zero-order valence-corrected chi connectivity index (χ0v) is 10.9. The molecule has 2 amide bonds. The minimum atomic E-state index is -1.66. The molecular weight excluding hydrogens is 264 g/mol. The van der Waals surface area contributed by atoms with Crippen LogP contribution in [0, 0.1) is 6.92 Å². The zero-order valence-electron chi connectivity index (χ0n) is 10.9. The van der Waals surface area contributed by atoms with E-state index in [-0.39, 0.29) is 6.54 Å². The number of carboxylic acids is 1. The fourth-order valence-electron chi connectivity index (χ4n) is 1.33. The number of carbonyl (C=O) groups excluding carboxylic acids is 2. The molecule has 1 aromatic rings. The van der Waals surface area contributed by atoms with Crippen molar-refractivity contribution in [2.24, 2.45) is 0 Å². The average molecular weight is 280 g/mol. The molecule has 0 fully saturated rings. The van der Waals surface area contributed by atoms with Crippen molar-refractivity contribution in [1.29, 1.82) is 0 Å². The van der Waals surface area contributed by atoms with Gasteiger partial charge in [-0.1, -0.05) is 17.7 Å². The van der Waals surface area contributed by atoms with Gasteiger partial charge in [0, 0.05) is 5.56 Å². The van der Waals surface area contributed by atoms with E-state index in [0.717, 1.165) is 5.56 Å². The lowest BCUT2D eigenvalue weighted by atomic mass is 10.1. The van der Waals surface area contributed by atoms with Crippen LogP contribution in [-0.4, -0.2) is 47.2 Å². The van der Waals surface area contributed by atoms with Crippen LogP contribution in [0.1, 0.15) is 15.9 Å². The molecule has 0 spiro atoms. The predicted octanol–water partition coefficient (Wildman–Crippen LogP) is -0.713. The van der Waals surface area contributed by atoms with Gasteiger partial charge in [0.05, 0.1) is 13.1 Å². The van der Waals surface area contributed by atoms with Crippen LogP contribution in [0.15, 0.2) is 24.3 Å². The van der Waals surface area contributed by atoms with E-state index in [2.05, 4.69) is 10.6 Å². The van der Waals surface area contributed by atoms with E-state index in [1.165, 1.54) is 0 Å². The second-order valence-corrected chi connectivity index (χ2v) is 4.21. The summed E-state index contributed by atoms with van der Waals surface area (Å²) in [5.74, 6) is -2.40. The lowest BCUT2D eigenvalue weighted by Crippen LogP contribution is -2.41. The molecule has 1 unspecified atom stereocenters. The molecule has 0 radical (unpaired) electrons. The molecule has 108 valence electrons. The molecule has 7 heteroatoms. The SMILES string of the molecule is Cc1ccc(C(=O)NCC(=O)NCC(O)C(=O)O)cc1. The van der Waals surface area contributed by atoms with Crippen molar-refractivity contribution in [1.82, 2.24) is 10.6 Å². The smallest absolute Gasteiger partial charge is 0.334 e. The minimum absolute atomic E-state index is 0.293. The quantitative estimate of drug-likeness (QED) is 0.549. The molecule has 1 aromatic carbocycles. The first-order chi connectivity index (χ1) is 9.40. The number of rotatable bonds is 6. The van der Waals surface area contributed by atoms with Gasteiger partial charge in [-0.05, 0) is 19.1 Å². The van der Waals surface area contributed by atoms with Crippen molar-refractivity contribution < 1.29 is 24.6 Å². The number of aliphatic hydroxyl groups excluding tert-OH is 1. The molecule has 0 saturated heterocycles. The van der Waals surface area contributed by atoms with Crippen molar-refractivity contribution in [3.05, 3.63) is 35.4 Å². The van der Waals surface area contributed by atoms with Gasteiger partial charge >= 0.3 is 5.97 Å². The number of nitrogens with one attached hydrogen (secondary N) is 2. The first-order valence-electron chi connectivity index (χ1n) is 5.92. The largest absolute Gasteiger partial charge is 0.479 e. The summed E-state index contributed by atoms with van der Waals surface area (Å²) in [6.07, 6.45) is -1.66. The van der Waals surface area contributed by atoms with Crippen LogP contribution in [0.4, 0.5) is 0 Å². The van der Waals surface area contributed by atoms with Gasteiger partial charge in [0.25, 0.3) is 5.91 Å². The molecule has 0 aliphatic heterocycles. The monoisotopic (exact) mass is 280 g/mol.